The molecule has 3 aromatic heterocycles. The maximum atomic E-state index is 12.8. The highest BCUT2D eigenvalue weighted by atomic mass is 33.1. The van der Waals surface area contributed by atoms with Crippen LogP contribution in [0.2, 0.25) is 0 Å². The van der Waals surface area contributed by atoms with Crippen LogP contribution in [0.4, 0.5) is 11.5 Å². The van der Waals surface area contributed by atoms with E-state index in [1.54, 1.807) is 23.1 Å². The molecule has 286 valence electrons. The Hall–Kier alpha value is -2.68. The van der Waals surface area contributed by atoms with E-state index in [0.29, 0.717) is 12.2 Å². The summed E-state index contributed by atoms with van der Waals surface area (Å²) in [5.74, 6) is 0.558. The molecule has 1 amide bonds. The third kappa shape index (κ3) is 12.4. The van der Waals surface area contributed by atoms with Crippen molar-refractivity contribution in [3.05, 3.63) is 77.0 Å². The molecule has 5 N–H and O–H groups in total. The molecule has 0 radical (unpaired) electrons. The minimum atomic E-state index is -5.36. The molecule has 1 aliphatic heterocycles. The van der Waals surface area contributed by atoms with Gasteiger partial charge in [-0.25, -0.2) is 37.7 Å². The average molecular weight is 854 g/mol. The van der Waals surface area contributed by atoms with Crippen LogP contribution < -0.4 is 5.32 Å². The zero-order valence-corrected chi connectivity index (χ0v) is 32.3. The number of amides is 1. The molecular weight excluding hydrogens is 822 g/mol. The summed E-state index contributed by atoms with van der Waals surface area (Å²) in [5.41, 5.74) is 0.511. The third-order valence-electron chi connectivity index (χ3n) is 6.99. The van der Waals surface area contributed by atoms with Crippen LogP contribution in [0, 0.1) is 10.1 Å². The summed E-state index contributed by atoms with van der Waals surface area (Å²) in [5, 5.41) is 15.2. The number of ether oxygens (including phenoxy) is 2. The molecule has 1 saturated heterocycles. The van der Waals surface area contributed by atoms with Crippen LogP contribution >= 0.6 is 53.0 Å². The van der Waals surface area contributed by atoms with Crippen molar-refractivity contribution >= 4 is 81.6 Å². The maximum Gasteiger partial charge on any atom is 0.479 e. The largest absolute Gasteiger partial charge is 0.479 e. The van der Waals surface area contributed by atoms with E-state index in [1.165, 1.54) is 46.2 Å². The number of phosphoric acid groups is 2. The van der Waals surface area contributed by atoms with Crippen molar-refractivity contribution in [1.29, 1.82) is 0 Å². The van der Waals surface area contributed by atoms with E-state index in [9.17, 15) is 33.8 Å². The summed E-state index contributed by atoms with van der Waals surface area (Å²) in [6.07, 6.45) is 2.12. The zero-order valence-electron chi connectivity index (χ0n) is 27.0. The van der Waals surface area contributed by atoms with Crippen LogP contribution in [-0.4, -0.2) is 79.5 Å². The number of para-hydroxylation sites is 1. The lowest BCUT2D eigenvalue weighted by Gasteiger charge is -2.23. The topological polar surface area (TPSA) is 290 Å². The lowest BCUT2D eigenvalue weighted by atomic mass is 10.1. The summed E-state index contributed by atoms with van der Waals surface area (Å²) in [6.45, 7) is -1.01. The first-order valence-electron chi connectivity index (χ1n) is 15.1. The van der Waals surface area contributed by atoms with E-state index in [-0.39, 0.29) is 53.6 Å². The lowest BCUT2D eigenvalue weighted by Crippen LogP contribution is -2.29. The Balaban J connectivity index is 1.26. The Labute approximate surface area is 310 Å². The van der Waals surface area contributed by atoms with Crippen LogP contribution in [0.5, 0.6) is 0 Å². The number of benzene rings is 1. The first kappa shape index (κ1) is 41.5. The molecule has 3 unspecified atom stereocenters. The Bertz CT molecular complexity index is 2060. The minimum absolute atomic E-state index is 0.0347. The second-order valence-electron chi connectivity index (χ2n) is 10.8. The number of phosphoric ester groups is 1. The number of anilines is 1. The highest BCUT2D eigenvalue weighted by Crippen LogP contribution is 2.69. The number of pyridine rings is 1. The second-order valence-corrected chi connectivity index (χ2v) is 19.5. The van der Waals surface area contributed by atoms with Crippen molar-refractivity contribution in [1.82, 2.24) is 24.5 Å². The van der Waals surface area contributed by atoms with Gasteiger partial charge >= 0.3 is 15.6 Å². The van der Waals surface area contributed by atoms with Crippen LogP contribution in [0.3, 0.4) is 0 Å². The predicted octanol–water partition coefficient (Wildman–Crippen LogP) is 5.22. The number of nitrogens with zero attached hydrogens (tertiary/aromatic N) is 6. The predicted molar refractivity (Wildman–Crippen MR) is 193 cm³/mol. The van der Waals surface area contributed by atoms with E-state index in [0.717, 1.165) is 5.03 Å². The summed E-state index contributed by atoms with van der Waals surface area (Å²) >= 11 is 0. The van der Waals surface area contributed by atoms with Gasteiger partial charge in [0.1, 0.15) is 23.7 Å². The molecule has 27 heteroatoms. The molecule has 1 aromatic carbocycles. The first-order valence-corrected chi connectivity index (χ1v) is 23.4. The van der Waals surface area contributed by atoms with Crippen molar-refractivity contribution < 1.29 is 61.0 Å². The number of carbonyl (C=O) groups is 1. The highest BCUT2D eigenvalue weighted by Gasteiger charge is 2.42. The van der Waals surface area contributed by atoms with Gasteiger partial charge in [0.15, 0.2) is 17.0 Å². The number of nitrogens with one attached hydrogen (secondary N) is 1. The molecule has 53 heavy (non-hydrogen) atoms. The standard InChI is InChI=1S/C26H31N7O14P4S2/c34-21(8-5-11-52-53-22-9-3-4-10-27-22)31-25-24-26(29-15-28-25)32(16-30-24)23-12-19(43-13-17-6-1-2-7-18(17)33(35)36)20(45-23)14-44-50(40,41)47-51(42,48)46-49(37,38)39/h1-4,6-7,9-10,15-16,19-20,23,42,48H,5,8,11-14H2,(H,40,41)(H2,37,38,39)(H,28,29,31,34)/t19-,20?,23-,51?/m1/s1. The molecule has 1 fully saturated rings. The fraction of sp³-hybridized carbons (Fsp3) is 0.346. The van der Waals surface area contributed by atoms with E-state index in [1.807, 2.05) is 18.2 Å². The number of nitro benzene ring substituents is 1. The number of carbonyl (C=O) groups excluding carboxylic acids is 1. The lowest BCUT2D eigenvalue weighted by molar-refractivity contribution is -0.386. The number of imidazole rings is 1. The summed E-state index contributed by atoms with van der Waals surface area (Å²) in [6, 6.07) is 11.5. The second kappa shape index (κ2) is 18.3. The SMILES string of the molecule is O=C(CCCSSc1ccccn1)Nc1ncnc2c1ncn2[C@H]1C[C@@H](OCc2ccccc2[N+](=O)[O-])C(COP(=O)(O)OP(O)(=P)OP(=O)(O)O)O1. The Morgan fingerprint density at radius 1 is 1.09 bits per heavy atom. The first-order chi connectivity index (χ1) is 25.1. The number of nitro groups is 1. The van der Waals surface area contributed by atoms with Crippen LogP contribution in [0.15, 0.2) is 66.3 Å². The summed E-state index contributed by atoms with van der Waals surface area (Å²) in [4.78, 5) is 78.8. The van der Waals surface area contributed by atoms with E-state index < -0.39 is 52.8 Å². The molecule has 1 aliphatic rings. The molecule has 0 saturated carbocycles. The molecule has 0 spiro atoms. The van der Waals surface area contributed by atoms with Crippen LogP contribution in [0.25, 0.3) is 11.2 Å². The highest BCUT2D eigenvalue weighted by molar-refractivity contribution is 8.76. The Morgan fingerprint density at radius 3 is 2.60 bits per heavy atom. The van der Waals surface area contributed by atoms with Gasteiger partial charge in [-0.05, 0) is 43.9 Å². The molecule has 4 heterocycles. The van der Waals surface area contributed by atoms with E-state index >= 15 is 0 Å². The van der Waals surface area contributed by atoms with Crippen LogP contribution in [-0.2, 0) is 43.2 Å². The average Bonchev–Trinajstić information content (AvgIpc) is 3.70. The fourth-order valence-electron chi connectivity index (χ4n) is 4.83. The van der Waals surface area contributed by atoms with Gasteiger partial charge in [-0.15, -0.1) is 0 Å². The number of aromatic nitrogens is 5. The monoisotopic (exact) mass is 853 g/mol. The van der Waals surface area contributed by atoms with Crippen molar-refractivity contribution in [3.8, 4) is 0 Å². The van der Waals surface area contributed by atoms with Crippen molar-refractivity contribution in [2.45, 2.75) is 49.3 Å². The van der Waals surface area contributed by atoms with E-state index in [2.05, 4.69) is 42.4 Å². The van der Waals surface area contributed by atoms with Crippen LogP contribution in [0.1, 0.15) is 31.1 Å². The number of hydrogen-bond acceptors (Lipinski definition) is 16. The smallest absolute Gasteiger partial charge is 0.370 e. The molecular formula is C26H31N7O14P4S2. The molecule has 21 nitrogen and oxygen atoms in total. The van der Waals surface area contributed by atoms with Crippen molar-refractivity contribution in [2.24, 2.45) is 0 Å². The minimum Gasteiger partial charge on any atom is -0.370 e. The van der Waals surface area contributed by atoms with Gasteiger partial charge in [0.05, 0.1) is 36.1 Å². The van der Waals surface area contributed by atoms with Gasteiger partial charge in [0, 0.05) is 30.9 Å². The molecule has 4 aromatic rings. The molecule has 0 bridgehead atoms. The van der Waals surface area contributed by atoms with Gasteiger partial charge in [0.2, 0.25) is 5.91 Å². The van der Waals surface area contributed by atoms with E-state index in [4.69, 9.17) is 23.8 Å². The molecule has 0 aliphatic carbocycles. The normalized spacial score (nSPS) is 19.8. The van der Waals surface area contributed by atoms with Gasteiger partial charge in [-0.3, -0.25) is 24.0 Å². The fourth-order valence-corrected chi connectivity index (χ4v) is 11.9. The van der Waals surface area contributed by atoms with Gasteiger partial charge in [-0.2, -0.15) is 0 Å². The zero-order chi connectivity index (χ0) is 38.2. The summed E-state index contributed by atoms with van der Waals surface area (Å²) < 4.78 is 50.7. The molecule has 5 atom stereocenters. The Kier molecular flexibility index (Phi) is 14.3. The number of rotatable bonds is 19. The van der Waals surface area contributed by atoms with Gasteiger partial charge in [-0.1, -0.05) is 29.0 Å². The number of fused-ring (bicyclic) bond motifs is 1. The number of hydrogen-bond donors (Lipinski definition) is 5. The molecule has 5 rings (SSSR count). The van der Waals surface area contributed by atoms with Crippen molar-refractivity contribution in [2.75, 3.05) is 17.7 Å². The maximum absolute atomic E-state index is 12.8. The summed E-state index contributed by atoms with van der Waals surface area (Å²) in [7, 11) is -9.87. The van der Waals surface area contributed by atoms with Gasteiger partial charge < -0.3 is 34.4 Å². The quantitative estimate of drug-likeness (QED) is 0.0266. The third-order valence-corrected chi connectivity index (χ3v) is 14.7. The van der Waals surface area contributed by atoms with Gasteiger partial charge in [0.25, 0.3) is 12.9 Å². The van der Waals surface area contributed by atoms with Crippen molar-refractivity contribution in [3.63, 3.8) is 0 Å². The Morgan fingerprint density at radius 2 is 1.87 bits per heavy atom.